The van der Waals surface area contributed by atoms with Gasteiger partial charge in [0.25, 0.3) is 0 Å². The molecule has 0 bridgehead atoms. The van der Waals surface area contributed by atoms with Crippen molar-refractivity contribution in [1.82, 2.24) is 0 Å². The lowest BCUT2D eigenvalue weighted by Crippen LogP contribution is -2.34. The first kappa shape index (κ1) is 12.0. The van der Waals surface area contributed by atoms with Gasteiger partial charge in [-0.25, -0.2) is 0 Å². The largest absolute Gasteiger partial charge is 0.374 e. The summed E-state index contributed by atoms with van der Waals surface area (Å²) in [6.07, 6.45) is 1.09. The third-order valence-corrected chi connectivity index (χ3v) is 5.26. The van der Waals surface area contributed by atoms with Crippen LogP contribution in [-0.2, 0) is 4.74 Å². The summed E-state index contributed by atoms with van der Waals surface area (Å²) in [4.78, 5) is 1.35. The molecule has 0 N–H and O–H groups in total. The average Bonchev–Trinajstić information content (AvgIpc) is 2.60. The SMILES string of the molecule is CC[C@]1(C)OC[C@@H](C)[C@H]1Sc1ccccc1. The maximum atomic E-state index is 5.97. The van der Waals surface area contributed by atoms with Crippen molar-refractivity contribution in [2.24, 2.45) is 5.92 Å². The summed E-state index contributed by atoms with van der Waals surface area (Å²) in [6.45, 7) is 7.66. The fraction of sp³-hybridized carbons (Fsp3) is 0.571. The van der Waals surface area contributed by atoms with Crippen molar-refractivity contribution in [3.63, 3.8) is 0 Å². The number of hydrogen-bond acceptors (Lipinski definition) is 2. The molecule has 1 aliphatic rings. The Kier molecular flexibility index (Phi) is 3.60. The molecule has 16 heavy (non-hydrogen) atoms. The predicted octanol–water partition coefficient (Wildman–Crippen LogP) is 3.98. The maximum absolute atomic E-state index is 5.97. The summed E-state index contributed by atoms with van der Waals surface area (Å²) in [5, 5.41) is 0.569. The predicted molar refractivity (Wildman–Crippen MR) is 69.9 cm³/mol. The Hall–Kier alpha value is -0.470. The van der Waals surface area contributed by atoms with Gasteiger partial charge in [-0.15, -0.1) is 11.8 Å². The monoisotopic (exact) mass is 236 g/mol. The van der Waals surface area contributed by atoms with Crippen LogP contribution < -0.4 is 0 Å². The van der Waals surface area contributed by atoms with Gasteiger partial charge in [-0.3, -0.25) is 0 Å². The van der Waals surface area contributed by atoms with E-state index in [1.54, 1.807) is 0 Å². The van der Waals surface area contributed by atoms with Gasteiger partial charge >= 0.3 is 0 Å². The molecule has 0 unspecified atom stereocenters. The number of benzene rings is 1. The van der Waals surface area contributed by atoms with Crippen LogP contribution in [0.4, 0.5) is 0 Å². The van der Waals surface area contributed by atoms with E-state index in [9.17, 15) is 0 Å². The quantitative estimate of drug-likeness (QED) is 0.785. The first-order valence-electron chi connectivity index (χ1n) is 6.01. The highest BCUT2D eigenvalue weighted by atomic mass is 32.2. The summed E-state index contributed by atoms with van der Waals surface area (Å²) >= 11 is 1.97. The summed E-state index contributed by atoms with van der Waals surface area (Å²) in [5.41, 5.74) is 0.0416. The van der Waals surface area contributed by atoms with Gasteiger partial charge in [0.1, 0.15) is 0 Å². The fourth-order valence-corrected chi connectivity index (χ4v) is 3.69. The standard InChI is InChI=1S/C14H20OS/c1-4-14(3)13(11(2)10-15-14)16-12-8-6-5-7-9-12/h5-9,11,13H,4,10H2,1-3H3/t11-,13-,14+/m1/s1. The Balaban J connectivity index is 2.13. The molecule has 0 aliphatic carbocycles. The minimum absolute atomic E-state index is 0.0416. The summed E-state index contributed by atoms with van der Waals surface area (Å²) in [6, 6.07) is 10.6. The van der Waals surface area contributed by atoms with E-state index < -0.39 is 0 Å². The zero-order chi connectivity index (χ0) is 11.6. The summed E-state index contributed by atoms with van der Waals surface area (Å²) in [7, 11) is 0. The van der Waals surface area contributed by atoms with E-state index in [0.29, 0.717) is 11.2 Å². The van der Waals surface area contributed by atoms with Gasteiger partial charge in [-0.1, -0.05) is 32.0 Å². The van der Waals surface area contributed by atoms with Crippen LogP contribution in [0, 0.1) is 5.92 Å². The van der Waals surface area contributed by atoms with Gasteiger partial charge in [0, 0.05) is 10.1 Å². The molecule has 0 saturated carbocycles. The van der Waals surface area contributed by atoms with Crippen molar-refractivity contribution in [3.8, 4) is 0 Å². The fourth-order valence-electron chi connectivity index (χ4n) is 2.28. The Bertz CT molecular complexity index is 338. The molecule has 88 valence electrons. The van der Waals surface area contributed by atoms with Crippen LogP contribution in [0.5, 0.6) is 0 Å². The van der Waals surface area contributed by atoms with E-state index in [-0.39, 0.29) is 5.60 Å². The lowest BCUT2D eigenvalue weighted by Gasteiger charge is -2.30. The molecule has 1 aromatic rings. The Morgan fingerprint density at radius 3 is 2.69 bits per heavy atom. The van der Waals surface area contributed by atoms with Crippen molar-refractivity contribution >= 4 is 11.8 Å². The molecule has 0 spiro atoms. The molecule has 3 atom stereocenters. The molecule has 2 rings (SSSR count). The van der Waals surface area contributed by atoms with Gasteiger partial charge in [-0.2, -0.15) is 0 Å². The Morgan fingerprint density at radius 1 is 1.38 bits per heavy atom. The smallest absolute Gasteiger partial charge is 0.0777 e. The first-order valence-corrected chi connectivity index (χ1v) is 6.89. The van der Waals surface area contributed by atoms with E-state index in [1.165, 1.54) is 4.90 Å². The zero-order valence-electron chi connectivity index (χ0n) is 10.3. The van der Waals surface area contributed by atoms with Crippen LogP contribution in [0.15, 0.2) is 35.2 Å². The number of rotatable bonds is 3. The molecule has 0 radical (unpaired) electrons. The number of thioether (sulfide) groups is 1. The molecule has 0 amide bonds. The zero-order valence-corrected chi connectivity index (χ0v) is 11.1. The van der Waals surface area contributed by atoms with E-state index in [0.717, 1.165) is 13.0 Å². The molecule has 1 saturated heterocycles. The molecule has 1 nitrogen and oxygen atoms in total. The van der Waals surface area contributed by atoms with Gasteiger partial charge in [0.2, 0.25) is 0 Å². The molecule has 2 heteroatoms. The molecule has 0 aromatic heterocycles. The van der Waals surface area contributed by atoms with Gasteiger partial charge in [0.05, 0.1) is 12.2 Å². The van der Waals surface area contributed by atoms with Gasteiger partial charge in [-0.05, 0) is 31.4 Å². The maximum Gasteiger partial charge on any atom is 0.0777 e. The van der Waals surface area contributed by atoms with Crippen LogP contribution in [0.25, 0.3) is 0 Å². The van der Waals surface area contributed by atoms with Crippen molar-refractivity contribution in [2.45, 2.75) is 42.9 Å². The second-order valence-electron chi connectivity index (χ2n) is 4.81. The highest BCUT2D eigenvalue weighted by Crippen LogP contribution is 2.43. The molecule has 1 aromatic carbocycles. The van der Waals surface area contributed by atoms with Crippen LogP contribution in [0.1, 0.15) is 27.2 Å². The van der Waals surface area contributed by atoms with Crippen molar-refractivity contribution in [1.29, 1.82) is 0 Å². The van der Waals surface area contributed by atoms with E-state index >= 15 is 0 Å². The lowest BCUT2D eigenvalue weighted by molar-refractivity contribution is 0.0189. The van der Waals surface area contributed by atoms with Crippen molar-refractivity contribution < 1.29 is 4.74 Å². The number of ether oxygens (including phenoxy) is 1. The van der Waals surface area contributed by atoms with E-state index in [4.69, 9.17) is 4.74 Å². The minimum atomic E-state index is 0.0416. The van der Waals surface area contributed by atoms with Crippen molar-refractivity contribution in [2.75, 3.05) is 6.61 Å². The minimum Gasteiger partial charge on any atom is -0.374 e. The normalized spacial score (nSPS) is 34.2. The third kappa shape index (κ3) is 2.28. The topological polar surface area (TPSA) is 9.23 Å². The first-order chi connectivity index (χ1) is 7.65. The van der Waals surface area contributed by atoms with Crippen LogP contribution >= 0.6 is 11.8 Å². The Morgan fingerprint density at radius 2 is 2.06 bits per heavy atom. The van der Waals surface area contributed by atoms with Gasteiger partial charge in [0.15, 0.2) is 0 Å². The average molecular weight is 236 g/mol. The lowest BCUT2D eigenvalue weighted by atomic mass is 9.94. The molecular formula is C14H20OS. The number of hydrogen-bond donors (Lipinski definition) is 0. The molecule has 1 aliphatic heterocycles. The Labute approximate surface area is 103 Å². The second-order valence-corrected chi connectivity index (χ2v) is 6.02. The molecule has 1 heterocycles. The third-order valence-electron chi connectivity index (χ3n) is 3.50. The summed E-state index contributed by atoms with van der Waals surface area (Å²) < 4.78 is 5.97. The van der Waals surface area contributed by atoms with Crippen LogP contribution in [0.3, 0.4) is 0 Å². The highest BCUT2D eigenvalue weighted by molar-refractivity contribution is 8.00. The highest BCUT2D eigenvalue weighted by Gasteiger charge is 2.43. The molecular weight excluding hydrogens is 216 g/mol. The van der Waals surface area contributed by atoms with E-state index in [2.05, 4.69) is 51.1 Å². The van der Waals surface area contributed by atoms with E-state index in [1.807, 2.05) is 11.8 Å². The van der Waals surface area contributed by atoms with Crippen LogP contribution in [-0.4, -0.2) is 17.5 Å². The van der Waals surface area contributed by atoms with Crippen LogP contribution in [0.2, 0.25) is 0 Å². The molecule has 1 fully saturated rings. The van der Waals surface area contributed by atoms with Gasteiger partial charge < -0.3 is 4.74 Å². The second kappa shape index (κ2) is 4.80. The summed E-state index contributed by atoms with van der Waals surface area (Å²) in [5.74, 6) is 0.634. The van der Waals surface area contributed by atoms with Crippen molar-refractivity contribution in [3.05, 3.63) is 30.3 Å².